The molecule has 2 heterocycles. The van der Waals surface area contributed by atoms with Gasteiger partial charge in [0.2, 0.25) is 10.0 Å². The molecular formula is C11H15NO5S2. The van der Waals surface area contributed by atoms with Crippen LogP contribution in [0.25, 0.3) is 0 Å². The maximum Gasteiger partial charge on any atom is 0.305 e. The number of thiophene rings is 1. The summed E-state index contributed by atoms with van der Waals surface area (Å²) in [6.07, 6.45) is 0.173. The van der Waals surface area contributed by atoms with Gasteiger partial charge in [-0.2, -0.15) is 0 Å². The zero-order valence-electron chi connectivity index (χ0n) is 10.1. The molecule has 1 aliphatic rings. The molecular weight excluding hydrogens is 290 g/mol. The van der Waals surface area contributed by atoms with Crippen molar-refractivity contribution in [2.24, 2.45) is 0 Å². The second kappa shape index (κ2) is 6.00. The summed E-state index contributed by atoms with van der Waals surface area (Å²) in [6, 6.07) is 2.77. The third-order valence-electron chi connectivity index (χ3n) is 2.90. The van der Waals surface area contributed by atoms with Gasteiger partial charge in [0, 0.05) is 11.5 Å². The second-order valence-electron chi connectivity index (χ2n) is 4.31. The van der Waals surface area contributed by atoms with Crippen molar-refractivity contribution >= 4 is 27.3 Å². The van der Waals surface area contributed by atoms with Gasteiger partial charge in [-0.25, -0.2) is 13.1 Å². The van der Waals surface area contributed by atoms with Crippen LogP contribution in [0.1, 0.15) is 23.8 Å². The molecule has 1 fully saturated rings. The van der Waals surface area contributed by atoms with Gasteiger partial charge in [-0.1, -0.05) is 6.07 Å². The number of carboxylic acids is 1. The smallest absolute Gasteiger partial charge is 0.305 e. The zero-order valence-corrected chi connectivity index (χ0v) is 11.7. The average Bonchev–Trinajstić information content (AvgIpc) is 3.01. The minimum absolute atomic E-state index is 0.166. The molecule has 0 radical (unpaired) electrons. The fraction of sp³-hybridized carbons (Fsp3) is 0.545. The van der Waals surface area contributed by atoms with Crippen molar-refractivity contribution in [3.05, 3.63) is 22.4 Å². The van der Waals surface area contributed by atoms with Crippen molar-refractivity contribution in [2.75, 3.05) is 13.2 Å². The molecule has 2 unspecified atom stereocenters. The molecule has 2 rings (SSSR count). The Balaban J connectivity index is 2.13. The molecule has 1 aromatic rings. The SMILES string of the molecule is O=C(O)CC(NS(=O)(=O)C1CCOC1)c1cccs1. The van der Waals surface area contributed by atoms with E-state index in [2.05, 4.69) is 4.72 Å². The van der Waals surface area contributed by atoms with Gasteiger partial charge in [-0.3, -0.25) is 4.79 Å². The molecule has 0 spiro atoms. The lowest BCUT2D eigenvalue weighted by Gasteiger charge is -2.18. The number of carbonyl (C=O) groups is 1. The molecule has 0 aliphatic carbocycles. The van der Waals surface area contributed by atoms with Crippen LogP contribution in [0.15, 0.2) is 17.5 Å². The Labute approximate surface area is 115 Å². The van der Waals surface area contributed by atoms with E-state index in [1.165, 1.54) is 11.3 Å². The summed E-state index contributed by atoms with van der Waals surface area (Å²) in [5.41, 5.74) is 0. The fourth-order valence-electron chi connectivity index (χ4n) is 1.92. The third kappa shape index (κ3) is 3.75. The number of carboxylic acid groups (broad SMARTS) is 1. The largest absolute Gasteiger partial charge is 0.481 e. The number of sulfonamides is 1. The highest BCUT2D eigenvalue weighted by Gasteiger charge is 2.32. The van der Waals surface area contributed by atoms with Gasteiger partial charge in [0.1, 0.15) is 5.25 Å². The molecule has 0 bridgehead atoms. The van der Waals surface area contributed by atoms with Crippen LogP contribution in [0.3, 0.4) is 0 Å². The van der Waals surface area contributed by atoms with Crippen LogP contribution >= 0.6 is 11.3 Å². The predicted octanol–water partition coefficient (Wildman–Crippen LogP) is 0.972. The normalized spacial score (nSPS) is 21.4. The molecule has 0 aromatic carbocycles. The van der Waals surface area contributed by atoms with Crippen LogP contribution < -0.4 is 4.72 Å². The number of aliphatic carboxylic acids is 1. The van der Waals surface area contributed by atoms with E-state index in [0.717, 1.165) is 0 Å². The second-order valence-corrected chi connectivity index (χ2v) is 7.29. The molecule has 1 aliphatic heterocycles. The quantitative estimate of drug-likeness (QED) is 0.817. The molecule has 106 valence electrons. The Kier molecular flexibility index (Phi) is 4.56. The number of nitrogens with one attached hydrogen (secondary N) is 1. The predicted molar refractivity (Wildman–Crippen MR) is 70.6 cm³/mol. The Morgan fingerprint density at radius 2 is 2.42 bits per heavy atom. The van der Waals surface area contributed by atoms with Crippen LogP contribution in [0, 0.1) is 0 Å². The number of hydrogen-bond donors (Lipinski definition) is 2. The molecule has 0 amide bonds. The van der Waals surface area contributed by atoms with Gasteiger partial charge < -0.3 is 9.84 Å². The number of hydrogen-bond acceptors (Lipinski definition) is 5. The molecule has 6 nitrogen and oxygen atoms in total. The molecule has 0 saturated carbocycles. The van der Waals surface area contributed by atoms with E-state index in [0.29, 0.717) is 17.9 Å². The summed E-state index contributed by atoms with van der Waals surface area (Å²) in [7, 11) is -3.56. The molecule has 8 heteroatoms. The minimum atomic E-state index is -3.56. The first-order valence-corrected chi connectivity index (χ1v) is 8.26. The van der Waals surface area contributed by atoms with Crippen molar-refractivity contribution in [1.82, 2.24) is 4.72 Å². The monoisotopic (exact) mass is 305 g/mol. The van der Waals surface area contributed by atoms with Gasteiger partial charge in [0.25, 0.3) is 0 Å². The van der Waals surface area contributed by atoms with Crippen LogP contribution in [0.5, 0.6) is 0 Å². The van der Waals surface area contributed by atoms with Crippen LogP contribution in [-0.2, 0) is 19.6 Å². The highest BCUT2D eigenvalue weighted by molar-refractivity contribution is 7.90. The Morgan fingerprint density at radius 1 is 1.63 bits per heavy atom. The van der Waals surface area contributed by atoms with E-state index in [4.69, 9.17) is 9.84 Å². The highest BCUT2D eigenvalue weighted by Crippen LogP contribution is 2.24. The first kappa shape index (κ1) is 14.4. The Morgan fingerprint density at radius 3 is 2.95 bits per heavy atom. The first-order valence-electron chi connectivity index (χ1n) is 5.83. The molecule has 1 saturated heterocycles. The lowest BCUT2D eigenvalue weighted by molar-refractivity contribution is -0.137. The van der Waals surface area contributed by atoms with E-state index in [1.807, 2.05) is 0 Å². The Bertz CT molecular complexity index is 519. The lowest BCUT2D eigenvalue weighted by Crippen LogP contribution is -2.37. The van der Waals surface area contributed by atoms with Crippen molar-refractivity contribution in [3.8, 4) is 0 Å². The standard InChI is InChI=1S/C11H15NO5S2/c13-11(14)6-9(10-2-1-5-18-10)12-19(15,16)8-3-4-17-7-8/h1-2,5,8-9,12H,3-4,6-7H2,(H,13,14). The van der Waals surface area contributed by atoms with Crippen molar-refractivity contribution in [1.29, 1.82) is 0 Å². The molecule has 2 atom stereocenters. The van der Waals surface area contributed by atoms with Gasteiger partial charge in [0.05, 0.1) is 19.1 Å². The topological polar surface area (TPSA) is 92.7 Å². The van der Waals surface area contributed by atoms with Gasteiger partial charge >= 0.3 is 5.97 Å². The van der Waals surface area contributed by atoms with Crippen LogP contribution in [0.4, 0.5) is 0 Å². The lowest BCUT2D eigenvalue weighted by atomic mass is 10.2. The van der Waals surface area contributed by atoms with E-state index < -0.39 is 27.3 Å². The summed E-state index contributed by atoms with van der Waals surface area (Å²) in [4.78, 5) is 11.6. The zero-order chi connectivity index (χ0) is 13.9. The van der Waals surface area contributed by atoms with E-state index in [9.17, 15) is 13.2 Å². The summed E-state index contributed by atoms with van der Waals surface area (Å²) in [6.45, 7) is 0.591. The summed E-state index contributed by atoms with van der Waals surface area (Å²) in [5, 5.41) is 10.1. The maximum absolute atomic E-state index is 12.1. The Hall–Kier alpha value is -0.960. The molecule has 19 heavy (non-hydrogen) atoms. The van der Waals surface area contributed by atoms with E-state index in [-0.39, 0.29) is 13.0 Å². The average molecular weight is 305 g/mol. The molecule has 2 N–H and O–H groups in total. The van der Waals surface area contributed by atoms with Crippen molar-refractivity contribution < 1.29 is 23.1 Å². The number of rotatable bonds is 6. The van der Waals surface area contributed by atoms with Crippen molar-refractivity contribution in [3.63, 3.8) is 0 Å². The van der Waals surface area contributed by atoms with Gasteiger partial charge in [0.15, 0.2) is 0 Å². The van der Waals surface area contributed by atoms with E-state index >= 15 is 0 Å². The minimum Gasteiger partial charge on any atom is -0.481 e. The summed E-state index contributed by atoms with van der Waals surface area (Å²) in [5.74, 6) is -1.04. The fourth-order valence-corrected chi connectivity index (χ4v) is 4.25. The van der Waals surface area contributed by atoms with Gasteiger partial charge in [-0.15, -0.1) is 11.3 Å². The summed E-state index contributed by atoms with van der Waals surface area (Å²) < 4.78 is 31.8. The van der Waals surface area contributed by atoms with E-state index in [1.54, 1.807) is 17.5 Å². The molecule has 1 aromatic heterocycles. The van der Waals surface area contributed by atoms with Crippen LogP contribution in [-0.4, -0.2) is 38.0 Å². The summed E-state index contributed by atoms with van der Waals surface area (Å²) >= 11 is 1.33. The third-order valence-corrected chi connectivity index (χ3v) is 5.75. The number of ether oxygens (including phenoxy) is 1. The first-order chi connectivity index (χ1) is 8.99. The van der Waals surface area contributed by atoms with Crippen LogP contribution in [0.2, 0.25) is 0 Å². The van der Waals surface area contributed by atoms with Crippen molar-refractivity contribution in [2.45, 2.75) is 24.1 Å². The van der Waals surface area contributed by atoms with Gasteiger partial charge in [-0.05, 0) is 17.9 Å². The maximum atomic E-state index is 12.1. The highest BCUT2D eigenvalue weighted by atomic mass is 32.2.